The molecule has 0 unspecified atom stereocenters. The molecule has 2 aromatic heterocycles. The van der Waals surface area contributed by atoms with Crippen LogP contribution in [0.15, 0.2) is 36.5 Å². The van der Waals surface area contributed by atoms with Gasteiger partial charge in [-0.25, -0.2) is 9.97 Å². The molecule has 0 bridgehead atoms. The molecular weight excluding hydrogens is 492 g/mol. The molecule has 1 saturated heterocycles. The number of aryl methyl sites for hydroxylation is 2. The van der Waals surface area contributed by atoms with E-state index in [1.165, 1.54) is 17.7 Å². The molecule has 1 amide bonds. The molecule has 10 heteroatoms. The summed E-state index contributed by atoms with van der Waals surface area (Å²) >= 11 is 0. The van der Waals surface area contributed by atoms with Crippen molar-refractivity contribution < 1.29 is 9.53 Å². The molecule has 4 heterocycles. The standard InChI is InChI=1S/C29H36N8O2/c1-19-15-22(7-8-23(19)36-13-11-35(3)12-14-36)31-29-30-16-20(2)27(34-29)32-25-10-9-24-28(33-25)37(26(38)18-39-24)17-21-5-4-6-21/h7-10,15-16,21H,4-6,11-14,17-18H2,1-3H3,(H2,30,31,32,33,34). The summed E-state index contributed by atoms with van der Waals surface area (Å²) in [5.41, 5.74) is 4.32. The lowest BCUT2D eigenvalue weighted by atomic mass is 9.85. The minimum absolute atomic E-state index is 0.0438. The Morgan fingerprint density at radius 2 is 1.82 bits per heavy atom. The first-order valence-electron chi connectivity index (χ1n) is 13.8. The van der Waals surface area contributed by atoms with Crippen LogP contribution in [0.1, 0.15) is 30.4 Å². The molecule has 0 spiro atoms. The van der Waals surface area contributed by atoms with Gasteiger partial charge in [-0.2, -0.15) is 4.98 Å². The van der Waals surface area contributed by atoms with Crippen LogP contribution >= 0.6 is 0 Å². The van der Waals surface area contributed by atoms with Crippen LogP contribution in [0, 0.1) is 19.8 Å². The van der Waals surface area contributed by atoms with Gasteiger partial charge < -0.3 is 25.2 Å². The zero-order valence-corrected chi connectivity index (χ0v) is 22.9. The Balaban J connectivity index is 1.18. The number of piperazine rings is 1. The van der Waals surface area contributed by atoms with Gasteiger partial charge in [0.1, 0.15) is 11.6 Å². The average molecular weight is 529 g/mol. The Labute approximate surface area is 229 Å². The Kier molecular flexibility index (Phi) is 6.95. The summed E-state index contributed by atoms with van der Waals surface area (Å²) in [7, 11) is 2.17. The highest BCUT2D eigenvalue weighted by Gasteiger charge is 2.31. The maximum absolute atomic E-state index is 12.6. The fourth-order valence-electron chi connectivity index (χ4n) is 5.28. The van der Waals surface area contributed by atoms with E-state index in [0.717, 1.165) is 50.3 Å². The Hall–Kier alpha value is -3.92. The molecule has 1 saturated carbocycles. The van der Waals surface area contributed by atoms with Crippen molar-refractivity contribution in [1.82, 2.24) is 19.9 Å². The van der Waals surface area contributed by atoms with Crippen molar-refractivity contribution >= 4 is 40.7 Å². The van der Waals surface area contributed by atoms with Crippen molar-refractivity contribution in [2.75, 3.05) is 66.8 Å². The van der Waals surface area contributed by atoms with E-state index < -0.39 is 0 Å². The van der Waals surface area contributed by atoms with Gasteiger partial charge in [-0.15, -0.1) is 0 Å². The highest BCUT2D eigenvalue weighted by atomic mass is 16.5. The molecule has 204 valence electrons. The van der Waals surface area contributed by atoms with E-state index in [2.05, 4.69) is 57.6 Å². The van der Waals surface area contributed by atoms with Gasteiger partial charge in [-0.1, -0.05) is 6.42 Å². The number of nitrogens with one attached hydrogen (secondary N) is 2. The molecule has 3 aromatic rings. The Morgan fingerprint density at radius 1 is 1.00 bits per heavy atom. The number of hydrogen-bond acceptors (Lipinski definition) is 9. The van der Waals surface area contributed by atoms with E-state index in [1.54, 1.807) is 11.1 Å². The third-order valence-corrected chi connectivity index (χ3v) is 7.93. The van der Waals surface area contributed by atoms with E-state index in [4.69, 9.17) is 14.7 Å². The highest BCUT2D eigenvalue weighted by Crippen LogP contribution is 2.36. The summed E-state index contributed by atoms with van der Waals surface area (Å²) < 4.78 is 5.65. The van der Waals surface area contributed by atoms with Crippen molar-refractivity contribution in [2.45, 2.75) is 33.1 Å². The SMILES string of the molecule is Cc1cc(Nc2ncc(C)c(Nc3ccc4c(n3)N(CC3CCC3)C(=O)CO4)n2)ccc1N1CCN(C)CC1. The smallest absolute Gasteiger partial charge is 0.266 e. The second kappa shape index (κ2) is 10.7. The minimum Gasteiger partial charge on any atom is -0.480 e. The number of ether oxygens (including phenoxy) is 1. The molecule has 1 aromatic carbocycles. The summed E-state index contributed by atoms with van der Waals surface area (Å²) in [5, 5.41) is 6.68. The number of nitrogens with zero attached hydrogens (tertiary/aromatic N) is 6. The quantitative estimate of drug-likeness (QED) is 0.466. The summed E-state index contributed by atoms with van der Waals surface area (Å²) in [6.07, 6.45) is 5.34. The van der Waals surface area contributed by atoms with Gasteiger partial charge in [0.2, 0.25) is 5.95 Å². The number of amides is 1. The molecule has 3 aliphatic rings. The van der Waals surface area contributed by atoms with Gasteiger partial charge in [0.25, 0.3) is 5.91 Å². The van der Waals surface area contributed by atoms with E-state index in [0.29, 0.717) is 41.6 Å². The van der Waals surface area contributed by atoms with E-state index >= 15 is 0 Å². The first kappa shape index (κ1) is 25.4. The summed E-state index contributed by atoms with van der Waals surface area (Å²) in [4.78, 5) is 33.2. The zero-order chi connectivity index (χ0) is 26.9. The van der Waals surface area contributed by atoms with Gasteiger partial charge >= 0.3 is 0 Å². The molecule has 0 atom stereocenters. The number of likely N-dealkylation sites (N-methyl/N-ethyl adjacent to an activating group) is 1. The predicted molar refractivity (Wildman–Crippen MR) is 154 cm³/mol. The number of carbonyl (C=O) groups is 1. The van der Waals surface area contributed by atoms with Crippen LogP contribution in [-0.4, -0.2) is 72.1 Å². The van der Waals surface area contributed by atoms with Crippen molar-refractivity contribution in [3.63, 3.8) is 0 Å². The number of carbonyl (C=O) groups excluding carboxylic acids is 1. The van der Waals surface area contributed by atoms with Gasteiger partial charge in [-0.05, 0) is 75.5 Å². The lowest BCUT2D eigenvalue weighted by molar-refractivity contribution is -0.121. The van der Waals surface area contributed by atoms with Crippen LogP contribution in [-0.2, 0) is 4.79 Å². The predicted octanol–water partition coefficient (Wildman–Crippen LogP) is 4.25. The van der Waals surface area contributed by atoms with E-state index in [1.807, 2.05) is 19.1 Å². The first-order chi connectivity index (χ1) is 18.9. The molecule has 6 rings (SSSR count). The number of fused-ring (bicyclic) bond motifs is 1. The van der Waals surface area contributed by atoms with E-state index in [-0.39, 0.29) is 12.5 Å². The van der Waals surface area contributed by atoms with Crippen LogP contribution in [0.25, 0.3) is 0 Å². The van der Waals surface area contributed by atoms with Crippen LogP contribution in [0.4, 0.5) is 34.8 Å². The van der Waals surface area contributed by atoms with Crippen molar-refractivity contribution in [1.29, 1.82) is 0 Å². The zero-order valence-electron chi connectivity index (χ0n) is 22.9. The fraction of sp³-hybridized carbons (Fsp3) is 0.448. The van der Waals surface area contributed by atoms with Crippen molar-refractivity contribution in [3.05, 3.63) is 47.7 Å². The van der Waals surface area contributed by atoms with Gasteiger partial charge in [0, 0.05) is 55.9 Å². The van der Waals surface area contributed by atoms with E-state index in [9.17, 15) is 4.79 Å². The number of pyridine rings is 1. The number of aromatic nitrogens is 3. The summed E-state index contributed by atoms with van der Waals surface area (Å²) in [6, 6.07) is 10.1. The second-order valence-corrected chi connectivity index (χ2v) is 10.9. The average Bonchev–Trinajstić information content (AvgIpc) is 2.90. The molecule has 2 aliphatic heterocycles. The second-order valence-electron chi connectivity index (χ2n) is 10.9. The third kappa shape index (κ3) is 5.47. The number of anilines is 6. The Morgan fingerprint density at radius 3 is 2.56 bits per heavy atom. The maximum atomic E-state index is 12.6. The molecule has 39 heavy (non-hydrogen) atoms. The topological polar surface area (TPSA) is 98.8 Å². The summed E-state index contributed by atoms with van der Waals surface area (Å²) in [6.45, 7) is 9.08. The Bertz CT molecular complexity index is 1370. The molecule has 0 radical (unpaired) electrons. The lowest BCUT2D eigenvalue weighted by Gasteiger charge is -2.35. The molecular formula is C29H36N8O2. The minimum atomic E-state index is -0.0438. The molecule has 10 nitrogen and oxygen atoms in total. The van der Waals surface area contributed by atoms with Crippen LogP contribution in [0.5, 0.6) is 5.75 Å². The third-order valence-electron chi connectivity index (χ3n) is 7.93. The molecule has 2 fully saturated rings. The number of hydrogen-bond donors (Lipinski definition) is 2. The van der Waals surface area contributed by atoms with Gasteiger partial charge in [0.05, 0.1) is 0 Å². The number of rotatable bonds is 7. The normalized spacial score (nSPS) is 17.9. The fourth-order valence-corrected chi connectivity index (χ4v) is 5.28. The number of benzene rings is 1. The lowest BCUT2D eigenvalue weighted by Crippen LogP contribution is -2.44. The van der Waals surface area contributed by atoms with Crippen LogP contribution in [0.2, 0.25) is 0 Å². The van der Waals surface area contributed by atoms with Crippen molar-refractivity contribution in [3.8, 4) is 5.75 Å². The maximum Gasteiger partial charge on any atom is 0.266 e. The molecule has 1 aliphatic carbocycles. The highest BCUT2D eigenvalue weighted by molar-refractivity contribution is 5.97. The van der Waals surface area contributed by atoms with Gasteiger partial charge in [0.15, 0.2) is 18.2 Å². The largest absolute Gasteiger partial charge is 0.480 e. The monoisotopic (exact) mass is 528 g/mol. The van der Waals surface area contributed by atoms with Crippen LogP contribution < -0.4 is 25.2 Å². The first-order valence-corrected chi connectivity index (χ1v) is 13.8. The van der Waals surface area contributed by atoms with Gasteiger partial charge in [-0.3, -0.25) is 9.69 Å². The van der Waals surface area contributed by atoms with Crippen molar-refractivity contribution in [2.24, 2.45) is 5.92 Å². The molecule has 2 N–H and O–H groups in total. The van der Waals surface area contributed by atoms with Crippen LogP contribution in [0.3, 0.4) is 0 Å². The summed E-state index contributed by atoms with van der Waals surface area (Å²) in [5.74, 6) is 3.46.